The van der Waals surface area contributed by atoms with E-state index < -0.39 is 0 Å². The SMILES string of the molecule is COc1c#cccc1C(=O)CCC(=O)c1ccccc1CO. The van der Waals surface area contributed by atoms with Crippen molar-refractivity contribution in [3.8, 4) is 5.75 Å². The van der Waals surface area contributed by atoms with Crippen LogP contribution in [0.1, 0.15) is 39.1 Å². The molecule has 0 aliphatic heterocycles. The van der Waals surface area contributed by atoms with E-state index in [-0.39, 0.29) is 31.0 Å². The predicted octanol–water partition coefficient (Wildman–Crippen LogP) is 2.63. The summed E-state index contributed by atoms with van der Waals surface area (Å²) in [6.07, 6.45) is 0.157. The number of aliphatic hydroxyl groups is 1. The standard InChI is InChI=1S/C18H16O4/c1-22-18-9-5-4-8-15(18)17(21)11-10-16(20)14-7-3-2-6-13(14)12-19/h2-4,6-8,19H,10-12H2,1H3. The van der Waals surface area contributed by atoms with E-state index in [2.05, 4.69) is 12.1 Å². The van der Waals surface area contributed by atoms with Gasteiger partial charge in [0.25, 0.3) is 0 Å². The van der Waals surface area contributed by atoms with Gasteiger partial charge in [-0.2, -0.15) is 0 Å². The first-order chi connectivity index (χ1) is 10.7. The van der Waals surface area contributed by atoms with Crippen LogP contribution in [0, 0.1) is 12.1 Å². The van der Waals surface area contributed by atoms with Crippen molar-refractivity contribution in [3.63, 3.8) is 0 Å². The van der Waals surface area contributed by atoms with Crippen molar-refractivity contribution in [2.24, 2.45) is 0 Å². The quantitative estimate of drug-likeness (QED) is 0.798. The van der Waals surface area contributed by atoms with Crippen molar-refractivity contribution >= 4 is 11.6 Å². The van der Waals surface area contributed by atoms with Gasteiger partial charge in [0, 0.05) is 18.4 Å². The van der Waals surface area contributed by atoms with Gasteiger partial charge in [0.2, 0.25) is 0 Å². The van der Waals surface area contributed by atoms with E-state index in [1.807, 2.05) is 0 Å². The largest absolute Gasteiger partial charge is 0.488 e. The second-order valence-electron chi connectivity index (χ2n) is 4.71. The summed E-state index contributed by atoms with van der Waals surface area (Å²) in [6, 6.07) is 15.5. The van der Waals surface area contributed by atoms with Crippen molar-refractivity contribution in [2.75, 3.05) is 7.11 Å². The Morgan fingerprint density at radius 3 is 2.45 bits per heavy atom. The van der Waals surface area contributed by atoms with Crippen molar-refractivity contribution in [3.05, 3.63) is 65.2 Å². The Bertz CT molecular complexity index is 617. The molecule has 0 aliphatic carbocycles. The highest BCUT2D eigenvalue weighted by Crippen LogP contribution is 2.18. The summed E-state index contributed by atoms with van der Waals surface area (Å²) in [5.74, 6) is -0.0175. The van der Waals surface area contributed by atoms with Gasteiger partial charge >= 0.3 is 0 Å². The Morgan fingerprint density at radius 2 is 1.77 bits per heavy atom. The Hall–Kier alpha value is -2.64. The summed E-state index contributed by atoms with van der Waals surface area (Å²) in [5, 5.41) is 9.25. The summed E-state index contributed by atoms with van der Waals surface area (Å²) in [6.45, 7) is -0.201. The summed E-state index contributed by atoms with van der Waals surface area (Å²) >= 11 is 0. The second-order valence-corrected chi connectivity index (χ2v) is 4.71. The Balaban J connectivity index is 2.06. The average Bonchev–Trinajstić information content (AvgIpc) is 2.59. The third-order valence-corrected chi connectivity index (χ3v) is 3.34. The zero-order valence-corrected chi connectivity index (χ0v) is 12.3. The van der Waals surface area contributed by atoms with Crippen LogP contribution in [0.2, 0.25) is 0 Å². The van der Waals surface area contributed by atoms with E-state index in [0.717, 1.165) is 0 Å². The van der Waals surface area contributed by atoms with E-state index in [1.165, 1.54) is 7.11 Å². The number of hydrogen-bond donors (Lipinski definition) is 1. The first kappa shape index (κ1) is 15.7. The highest BCUT2D eigenvalue weighted by Gasteiger charge is 2.15. The van der Waals surface area contributed by atoms with Crippen molar-refractivity contribution in [1.82, 2.24) is 0 Å². The summed E-state index contributed by atoms with van der Waals surface area (Å²) in [7, 11) is 1.46. The van der Waals surface area contributed by atoms with Gasteiger partial charge in [-0.15, -0.1) is 0 Å². The van der Waals surface area contributed by atoms with E-state index in [9.17, 15) is 14.7 Å². The minimum Gasteiger partial charge on any atom is -0.488 e. The molecule has 0 aliphatic rings. The first-order valence-electron chi connectivity index (χ1n) is 6.89. The van der Waals surface area contributed by atoms with E-state index in [0.29, 0.717) is 22.4 Å². The lowest BCUT2D eigenvalue weighted by molar-refractivity contribution is 0.0914. The smallest absolute Gasteiger partial charge is 0.180 e. The predicted molar refractivity (Wildman–Crippen MR) is 80.9 cm³/mol. The van der Waals surface area contributed by atoms with Crippen LogP contribution in [0.5, 0.6) is 5.75 Å². The molecule has 0 aromatic heterocycles. The molecule has 0 bridgehead atoms. The maximum atomic E-state index is 12.2. The molecular weight excluding hydrogens is 280 g/mol. The molecule has 0 atom stereocenters. The fraction of sp³-hybridized carbons (Fsp3) is 0.222. The molecule has 0 radical (unpaired) electrons. The number of hydrogen-bond acceptors (Lipinski definition) is 4. The molecule has 0 fully saturated rings. The van der Waals surface area contributed by atoms with Crippen molar-refractivity contribution in [2.45, 2.75) is 19.4 Å². The molecule has 4 heteroatoms. The topological polar surface area (TPSA) is 63.6 Å². The molecule has 0 saturated heterocycles. The third-order valence-electron chi connectivity index (χ3n) is 3.34. The fourth-order valence-electron chi connectivity index (χ4n) is 2.18. The zero-order chi connectivity index (χ0) is 15.9. The molecule has 2 aromatic carbocycles. The number of Topliss-reactive ketones (excluding diaryl/α,β-unsaturated/α-hetero) is 2. The van der Waals surface area contributed by atoms with E-state index in [1.54, 1.807) is 36.4 Å². The van der Waals surface area contributed by atoms with Crippen LogP contribution >= 0.6 is 0 Å². The average molecular weight is 296 g/mol. The summed E-state index contributed by atoms with van der Waals surface area (Å²) in [5.41, 5.74) is 1.42. The maximum Gasteiger partial charge on any atom is 0.180 e. The number of methoxy groups -OCH3 is 1. The summed E-state index contributed by atoms with van der Waals surface area (Å²) in [4.78, 5) is 24.4. The van der Waals surface area contributed by atoms with Gasteiger partial charge in [-0.05, 0) is 23.8 Å². The molecule has 4 nitrogen and oxygen atoms in total. The van der Waals surface area contributed by atoms with Gasteiger partial charge in [-0.25, -0.2) is 0 Å². The van der Waals surface area contributed by atoms with Crippen LogP contribution in [0.4, 0.5) is 0 Å². The molecule has 0 amide bonds. The molecule has 0 heterocycles. The molecular formula is C18H16O4. The van der Waals surface area contributed by atoms with Gasteiger partial charge in [-0.3, -0.25) is 9.59 Å². The van der Waals surface area contributed by atoms with Crippen molar-refractivity contribution in [1.29, 1.82) is 0 Å². The number of ether oxygens (including phenoxy) is 1. The van der Waals surface area contributed by atoms with Crippen LogP contribution in [-0.2, 0) is 6.61 Å². The van der Waals surface area contributed by atoms with E-state index in [4.69, 9.17) is 4.74 Å². The minimum atomic E-state index is -0.201. The van der Waals surface area contributed by atoms with Gasteiger partial charge in [0.1, 0.15) is 0 Å². The number of rotatable bonds is 7. The first-order valence-corrected chi connectivity index (χ1v) is 6.89. The highest BCUT2D eigenvalue weighted by molar-refractivity contribution is 6.03. The molecule has 0 unspecified atom stereocenters. The van der Waals surface area contributed by atoms with Crippen LogP contribution in [-0.4, -0.2) is 23.8 Å². The Morgan fingerprint density at radius 1 is 1.09 bits per heavy atom. The lowest BCUT2D eigenvalue weighted by Gasteiger charge is -2.07. The Labute approximate surface area is 129 Å². The van der Waals surface area contributed by atoms with Gasteiger partial charge < -0.3 is 9.84 Å². The zero-order valence-electron chi connectivity index (χ0n) is 12.3. The molecule has 112 valence electrons. The summed E-state index contributed by atoms with van der Waals surface area (Å²) < 4.78 is 5.07. The van der Waals surface area contributed by atoms with Crippen LogP contribution in [0.15, 0.2) is 36.4 Å². The molecule has 1 N–H and O–H groups in total. The van der Waals surface area contributed by atoms with E-state index >= 15 is 0 Å². The normalized spacial score (nSPS) is 9.91. The molecule has 22 heavy (non-hydrogen) atoms. The molecule has 2 rings (SSSR count). The lowest BCUT2D eigenvalue weighted by Crippen LogP contribution is -2.08. The monoisotopic (exact) mass is 296 g/mol. The van der Waals surface area contributed by atoms with Gasteiger partial charge in [-0.1, -0.05) is 30.3 Å². The van der Waals surface area contributed by atoms with Gasteiger partial charge in [0.05, 0.1) is 19.3 Å². The highest BCUT2D eigenvalue weighted by atomic mass is 16.5. The number of ketones is 2. The van der Waals surface area contributed by atoms with Crippen LogP contribution < -0.4 is 4.74 Å². The van der Waals surface area contributed by atoms with Crippen molar-refractivity contribution < 1.29 is 19.4 Å². The second kappa shape index (κ2) is 7.39. The lowest BCUT2D eigenvalue weighted by atomic mass is 9.98. The number of aliphatic hydroxyl groups excluding tert-OH is 1. The number of carbonyl (C=O) groups excluding carboxylic acids is 2. The van der Waals surface area contributed by atoms with Crippen LogP contribution in [0.3, 0.4) is 0 Å². The van der Waals surface area contributed by atoms with Crippen LogP contribution in [0.25, 0.3) is 0 Å². The molecule has 2 aromatic rings. The molecule has 0 saturated carbocycles. The van der Waals surface area contributed by atoms with Gasteiger partial charge in [0.15, 0.2) is 17.3 Å². The number of benzene rings is 1. The number of carbonyl (C=O) groups is 2. The molecule has 0 spiro atoms. The Kier molecular flexibility index (Phi) is 5.29. The third kappa shape index (κ3) is 3.51. The maximum absolute atomic E-state index is 12.2. The fourth-order valence-corrected chi connectivity index (χ4v) is 2.18. The minimum absolute atomic E-state index is 0.0762.